The summed E-state index contributed by atoms with van der Waals surface area (Å²) in [6, 6.07) is 18.7. The van der Waals surface area contributed by atoms with Gasteiger partial charge in [0.05, 0.1) is 4.90 Å². The van der Waals surface area contributed by atoms with Crippen molar-refractivity contribution in [3.63, 3.8) is 0 Å². The van der Waals surface area contributed by atoms with Gasteiger partial charge in [0.15, 0.2) is 5.82 Å². The van der Waals surface area contributed by atoms with Crippen LogP contribution in [0.25, 0.3) is 22.0 Å². The predicted octanol–water partition coefficient (Wildman–Crippen LogP) is 4.40. The van der Waals surface area contributed by atoms with Gasteiger partial charge in [-0.3, -0.25) is 0 Å². The van der Waals surface area contributed by atoms with Gasteiger partial charge in [-0.05, 0) is 49.9 Å². The van der Waals surface area contributed by atoms with E-state index in [4.69, 9.17) is 0 Å². The van der Waals surface area contributed by atoms with Crippen molar-refractivity contribution < 1.29 is 12.8 Å². The highest BCUT2D eigenvalue weighted by Crippen LogP contribution is 2.32. The number of nitrogens with one attached hydrogen (secondary N) is 2. The number of benzene rings is 3. The van der Waals surface area contributed by atoms with Crippen LogP contribution in [0.5, 0.6) is 0 Å². The first-order valence-corrected chi connectivity index (χ1v) is 10.7. The van der Waals surface area contributed by atoms with Crippen LogP contribution in [0.3, 0.4) is 0 Å². The molecule has 30 heavy (non-hydrogen) atoms. The van der Waals surface area contributed by atoms with Gasteiger partial charge < -0.3 is 5.32 Å². The summed E-state index contributed by atoms with van der Waals surface area (Å²) in [7, 11) is -2.22. The summed E-state index contributed by atoms with van der Waals surface area (Å²) in [5.41, 5.74) is 2.54. The molecule has 0 fully saturated rings. The summed E-state index contributed by atoms with van der Waals surface area (Å²) in [5.74, 6) is 0.203. The van der Waals surface area contributed by atoms with E-state index in [2.05, 4.69) is 20.2 Å². The lowest BCUT2D eigenvalue weighted by molar-refractivity contribution is 0.587. The van der Waals surface area contributed by atoms with Crippen LogP contribution in [0.4, 0.5) is 15.9 Å². The first-order valence-electron chi connectivity index (χ1n) is 9.21. The first kappa shape index (κ1) is 19.9. The van der Waals surface area contributed by atoms with Gasteiger partial charge in [-0.1, -0.05) is 36.4 Å². The fraction of sp³-hybridized carbons (Fsp3) is 0.0909. The minimum absolute atomic E-state index is 0.196. The number of halogens is 1. The Morgan fingerprint density at radius 3 is 2.30 bits per heavy atom. The second kappa shape index (κ2) is 7.81. The third-order valence-electron chi connectivity index (χ3n) is 4.81. The molecule has 0 saturated carbocycles. The summed E-state index contributed by atoms with van der Waals surface area (Å²) < 4.78 is 40.3. The molecule has 0 atom stereocenters. The first-order chi connectivity index (χ1) is 14.4. The number of hydrogen-bond acceptors (Lipinski definition) is 5. The molecule has 0 radical (unpaired) electrons. The van der Waals surface area contributed by atoms with Crippen molar-refractivity contribution in [2.24, 2.45) is 0 Å². The number of nitrogens with zero attached hydrogens (tertiary/aromatic N) is 2. The van der Waals surface area contributed by atoms with E-state index in [1.807, 2.05) is 30.3 Å². The van der Waals surface area contributed by atoms with E-state index in [1.54, 1.807) is 31.2 Å². The van der Waals surface area contributed by atoms with E-state index in [0.717, 1.165) is 10.8 Å². The van der Waals surface area contributed by atoms with Crippen molar-refractivity contribution in [1.82, 2.24) is 14.9 Å². The molecule has 0 unspecified atom stereocenters. The molecule has 6 nitrogen and oxygen atoms in total. The number of sulfonamides is 1. The molecule has 0 amide bonds. The maximum absolute atomic E-state index is 13.2. The van der Waals surface area contributed by atoms with Crippen LogP contribution in [0.1, 0.15) is 5.56 Å². The van der Waals surface area contributed by atoms with Crippen LogP contribution in [-0.4, -0.2) is 25.7 Å². The van der Waals surface area contributed by atoms with Gasteiger partial charge in [0.2, 0.25) is 10.0 Å². The molecule has 3 aromatic carbocycles. The van der Waals surface area contributed by atoms with Gasteiger partial charge in [0.1, 0.15) is 11.5 Å². The maximum Gasteiger partial charge on any atom is 0.240 e. The Hall–Kier alpha value is -3.36. The third-order valence-corrected chi connectivity index (χ3v) is 6.37. The monoisotopic (exact) mass is 422 g/mol. The molecule has 4 aromatic rings. The third kappa shape index (κ3) is 3.74. The molecule has 0 aliphatic heterocycles. The van der Waals surface area contributed by atoms with Gasteiger partial charge in [0.25, 0.3) is 0 Å². The molecule has 8 heteroatoms. The van der Waals surface area contributed by atoms with Crippen LogP contribution in [-0.2, 0) is 10.0 Å². The number of aryl methyl sites for hydroxylation is 1. The summed E-state index contributed by atoms with van der Waals surface area (Å²) in [6.45, 7) is 1.74. The summed E-state index contributed by atoms with van der Waals surface area (Å²) in [5, 5.41) is 13.5. The predicted molar refractivity (Wildman–Crippen MR) is 116 cm³/mol. The topological polar surface area (TPSA) is 84.0 Å². The van der Waals surface area contributed by atoms with Crippen molar-refractivity contribution in [1.29, 1.82) is 0 Å². The fourth-order valence-electron chi connectivity index (χ4n) is 3.23. The van der Waals surface area contributed by atoms with Gasteiger partial charge >= 0.3 is 0 Å². The van der Waals surface area contributed by atoms with E-state index in [1.165, 1.54) is 19.2 Å². The zero-order valence-electron chi connectivity index (χ0n) is 16.3. The Balaban J connectivity index is 1.84. The number of hydrogen-bond donors (Lipinski definition) is 2. The van der Waals surface area contributed by atoms with Gasteiger partial charge in [-0.2, -0.15) is 0 Å². The molecule has 152 valence electrons. The molecule has 0 spiro atoms. The number of rotatable bonds is 5. The molecule has 0 aliphatic rings. The molecular weight excluding hydrogens is 403 g/mol. The number of fused-ring (bicyclic) bond motifs is 1. The van der Waals surface area contributed by atoms with Crippen molar-refractivity contribution in [2.45, 2.75) is 11.8 Å². The average Bonchev–Trinajstić information content (AvgIpc) is 2.76. The Kier molecular flexibility index (Phi) is 5.19. The number of anilines is 2. The highest BCUT2D eigenvalue weighted by atomic mass is 32.2. The summed E-state index contributed by atoms with van der Waals surface area (Å²) in [4.78, 5) is 0.196. The molecule has 4 rings (SSSR count). The van der Waals surface area contributed by atoms with Crippen molar-refractivity contribution in [3.05, 3.63) is 78.1 Å². The maximum atomic E-state index is 13.2. The average molecular weight is 422 g/mol. The summed E-state index contributed by atoms with van der Waals surface area (Å²) in [6.07, 6.45) is 0. The minimum Gasteiger partial charge on any atom is -0.338 e. The molecule has 1 heterocycles. The fourth-order valence-corrected chi connectivity index (χ4v) is 4.22. The van der Waals surface area contributed by atoms with Crippen LogP contribution in [0.15, 0.2) is 71.6 Å². The van der Waals surface area contributed by atoms with E-state index >= 15 is 0 Å². The lowest BCUT2D eigenvalue weighted by Crippen LogP contribution is -2.19. The lowest BCUT2D eigenvalue weighted by atomic mass is 10.0. The lowest BCUT2D eigenvalue weighted by Gasteiger charge is -2.13. The second-order valence-corrected chi connectivity index (χ2v) is 8.62. The molecule has 0 aliphatic carbocycles. The minimum atomic E-state index is -3.61. The highest BCUT2D eigenvalue weighted by molar-refractivity contribution is 7.89. The largest absolute Gasteiger partial charge is 0.338 e. The SMILES string of the molecule is CNS(=O)(=O)c1cc(-c2nnc(Nc3ccc(F)cc3)c3ccccc23)ccc1C. The van der Waals surface area contributed by atoms with Crippen LogP contribution in [0.2, 0.25) is 0 Å². The second-order valence-electron chi connectivity index (χ2n) is 6.76. The Labute approximate surface area is 173 Å². The molecule has 2 N–H and O–H groups in total. The zero-order valence-corrected chi connectivity index (χ0v) is 17.2. The van der Waals surface area contributed by atoms with E-state index in [0.29, 0.717) is 28.3 Å². The van der Waals surface area contributed by atoms with Crippen molar-refractivity contribution in [2.75, 3.05) is 12.4 Å². The highest BCUT2D eigenvalue weighted by Gasteiger charge is 2.18. The summed E-state index contributed by atoms with van der Waals surface area (Å²) >= 11 is 0. The van der Waals surface area contributed by atoms with Gasteiger partial charge in [-0.15, -0.1) is 10.2 Å². The van der Waals surface area contributed by atoms with Crippen LogP contribution in [0, 0.1) is 12.7 Å². The normalized spacial score (nSPS) is 11.6. The van der Waals surface area contributed by atoms with Crippen LogP contribution < -0.4 is 10.0 Å². The Morgan fingerprint density at radius 1 is 0.900 bits per heavy atom. The Bertz CT molecular complexity index is 1340. The molecule has 0 saturated heterocycles. The van der Waals surface area contributed by atoms with E-state index < -0.39 is 10.0 Å². The quantitative estimate of drug-likeness (QED) is 0.498. The van der Waals surface area contributed by atoms with E-state index in [9.17, 15) is 12.8 Å². The zero-order chi connectivity index (χ0) is 21.3. The van der Waals surface area contributed by atoms with Crippen molar-refractivity contribution in [3.8, 4) is 11.3 Å². The molecular formula is C22H19FN4O2S. The standard InChI is InChI=1S/C22H19FN4O2S/c1-14-7-8-15(13-20(14)30(28,29)24-2)21-18-5-3-4-6-19(18)22(27-26-21)25-17-11-9-16(23)10-12-17/h3-13,24H,1-2H3,(H,25,27). The van der Waals surface area contributed by atoms with Crippen LogP contribution >= 0.6 is 0 Å². The van der Waals surface area contributed by atoms with Crippen molar-refractivity contribution >= 4 is 32.3 Å². The van der Waals surface area contributed by atoms with E-state index in [-0.39, 0.29) is 10.7 Å². The molecule has 0 bridgehead atoms. The Morgan fingerprint density at radius 2 is 1.60 bits per heavy atom. The molecule has 1 aromatic heterocycles. The number of aromatic nitrogens is 2. The van der Waals surface area contributed by atoms with Gasteiger partial charge in [-0.25, -0.2) is 17.5 Å². The van der Waals surface area contributed by atoms with Gasteiger partial charge in [0, 0.05) is 22.0 Å². The smallest absolute Gasteiger partial charge is 0.240 e.